The fourth-order valence-corrected chi connectivity index (χ4v) is 1.27. The lowest BCUT2D eigenvalue weighted by Crippen LogP contribution is -2.46. The number of nitrogens with zero attached hydrogens (tertiary/aromatic N) is 2. The van der Waals surface area contributed by atoms with Crippen LogP contribution in [0.5, 0.6) is 0 Å². The number of amides is 2. The maximum Gasteiger partial charge on any atom is 0.326 e. The molecule has 0 radical (unpaired) electrons. The predicted molar refractivity (Wildman–Crippen MR) is 61.0 cm³/mol. The Kier molecular flexibility index (Phi) is 5.09. The van der Waals surface area contributed by atoms with Gasteiger partial charge in [0.15, 0.2) is 5.82 Å². The molecular formula is C10H16N4O4. The molecule has 0 aliphatic heterocycles. The summed E-state index contributed by atoms with van der Waals surface area (Å²) in [7, 11) is 0. The Morgan fingerprint density at radius 1 is 1.50 bits per heavy atom. The van der Waals surface area contributed by atoms with Gasteiger partial charge in [-0.2, -0.15) is 4.98 Å². The molecule has 8 nitrogen and oxygen atoms in total. The first-order valence-electron chi connectivity index (χ1n) is 5.59. The first-order chi connectivity index (χ1) is 8.52. The van der Waals surface area contributed by atoms with Crippen LogP contribution in [-0.4, -0.2) is 39.8 Å². The lowest BCUT2D eigenvalue weighted by molar-refractivity contribution is -0.139. The summed E-state index contributed by atoms with van der Waals surface area (Å²) in [5.41, 5.74) is 0. The molecule has 18 heavy (non-hydrogen) atoms. The van der Waals surface area contributed by atoms with Gasteiger partial charge in [0.2, 0.25) is 5.89 Å². The molecule has 1 atom stereocenters. The average Bonchev–Trinajstić information content (AvgIpc) is 2.71. The molecule has 0 saturated carbocycles. The number of carboxylic acid groups (broad SMARTS) is 1. The van der Waals surface area contributed by atoms with Crippen molar-refractivity contribution >= 4 is 12.0 Å². The molecule has 3 N–H and O–H groups in total. The van der Waals surface area contributed by atoms with Gasteiger partial charge in [-0.1, -0.05) is 12.1 Å². The summed E-state index contributed by atoms with van der Waals surface area (Å²) in [5, 5.41) is 17.2. The minimum Gasteiger partial charge on any atom is -0.480 e. The fraction of sp³-hybridized carbons (Fsp3) is 0.600. The molecule has 1 aromatic heterocycles. The molecule has 2 amide bonds. The van der Waals surface area contributed by atoms with E-state index in [0.717, 1.165) is 0 Å². The van der Waals surface area contributed by atoms with E-state index in [1.54, 1.807) is 13.8 Å². The van der Waals surface area contributed by atoms with Gasteiger partial charge in [-0.15, -0.1) is 0 Å². The number of nitrogens with one attached hydrogen (secondary N) is 2. The molecule has 0 fully saturated rings. The van der Waals surface area contributed by atoms with Crippen molar-refractivity contribution in [1.82, 2.24) is 20.8 Å². The van der Waals surface area contributed by atoms with Crippen molar-refractivity contribution in [3.05, 3.63) is 11.7 Å². The Balaban J connectivity index is 2.26. The third kappa shape index (κ3) is 4.40. The van der Waals surface area contributed by atoms with E-state index in [1.165, 1.54) is 0 Å². The summed E-state index contributed by atoms with van der Waals surface area (Å²) in [5.74, 6) is -0.0929. The molecule has 1 heterocycles. The molecule has 1 aromatic rings. The molecule has 0 aromatic carbocycles. The highest BCUT2D eigenvalue weighted by molar-refractivity contribution is 5.82. The van der Waals surface area contributed by atoms with Gasteiger partial charge in [0, 0.05) is 13.0 Å². The van der Waals surface area contributed by atoms with Gasteiger partial charge in [0.05, 0.1) is 0 Å². The molecule has 0 saturated heterocycles. The van der Waals surface area contributed by atoms with Crippen molar-refractivity contribution in [2.45, 2.75) is 32.7 Å². The van der Waals surface area contributed by atoms with E-state index in [2.05, 4.69) is 20.8 Å². The van der Waals surface area contributed by atoms with E-state index in [1.807, 2.05) is 0 Å². The van der Waals surface area contributed by atoms with E-state index in [4.69, 9.17) is 9.63 Å². The van der Waals surface area contributed by atoms with E-state index >= 15 is 0 Å². The molecule has 0 bridgehead atoms. The van der Waals surface area contributed by atoms with Crippen LogP contribution in [0.1, 0.15) is 25.1 Å². The summed E-state index contributed by atoms with van der Waals surface area (Å²) < 4.78 is 4.86. The number of urea groups is 1. The average molecular weight is 256 g/mol. The molecule has 8 heteroatoms. The summed E-state index contributed by atoms with van der Waals surface area (Å²) in [4.78, 5) is 26.0. The molecule has 0 aliphatic rings. The Morgan fingerprint density at radius 2 is 2.22 bits per heavy atom. The smallest absolute Gasteiger partial charge is 0.326 e. The minimum absolute atomic E-state index is 0.295. The van der Waals surface area contributed by atoms with E-state index in [0.29, 0.717) is 31.1 Å². The highest BCUT2D eigenvalue weighted by Gasteiger charge is 2.17. The van der Waals surface area contributed by atoms with E-state index in [-0.39, 0.29) is 0 Å². The number of rotatable bonds is 6. The number of aromatic nitrogens is 2. The van der Waals surface area contributed by atoms with Crippen LogP contribution in [0.25, 0.3) is 0 Å². The van der Waals surface area contributed by atoms with Crippen molar-refractivity contribution in [3.8, 4) is 0 Å². The summed E-state index contributed by atoms with van der Waals surface area (Å²) >= 11 is 0. The zero-order valence-corrected chi connectivity index (χ0v) is 10.3. The highest BCUT2D eigenvalue weighted by Crippen LogP contribution is 1.95. The van der Waals surface area contributed by atoms with Crippen LogP contribution in [0.2, 0.25) is 0 Å². The van der Waals surface area contributed by atoms with Crippen LogP contribution >= 0.6 is 0 Å². The van der Waals surface area contributed by atoms with Crippen LogP contribution in [0, 0.1) is 6.92 Å². The monoisotopic (exact) mass is 256 g/mol. The zero-order chi connectivity index (χ0) is 13.5. The van der Waals surface area contributed by atoms with Crippen molar-refractivity contribution < 1.29 is 19.2 Å². The molecule has 0 aliphatic carbocycles. The second-order valence-electron chi connectivity index (χ2n) is 3.68. The van der Waals surface area contributed by atoms with Crippen LogP contribution in [0.15, 0.2) is 4.52 Å². The van der Waals surface area contributed by atoms with Gasteiger partial charge >= 0.3 is 12.0 Å². The first-order valence-corrected chi connectivity index (χ1v) is 5.59. The van der Waals surface area contributed by atoms with Crippen molar-refractivity contribution in [3.63, 3.8) is 0 Å². The Morgan fingerprint density at radius 3 is 2.72 bits per heavy atom. The second kappa shape index (κ2) is 6.58. The third-order valence-corrected chi connectivity index (χ3v) is 2.21. The van der Waals surface area contributed by atoms with E-state index < -0.39 is 18.0 Å². The summed E-state index contributed by atoms with van der Waals surface area (Å²) in [6, 6.07) is -1.41. The number of aliphatic carboxylic acids is 1. The number of aryl methyl sites for hydroxylation is 1. The summed E-state index contributed by atoms with van der Waals surface area (Å²) in [6.45, 7) is 3.68. The topological polar surface area (TPSA) is 117 Å². The van der Waals surface area contributed by atoms with Gasteiger partial charge in [-0.3, -0.25) is 0 Å². The Bertz CT molecular complexity index is 418. The lowest BCUT2D eigenvalue weighted by atomic mass is 10.2. The molecule has 0 unspecified atom stereocenters. The fourth-order valence-electron chi connectivity index (χ4n) is 1.27. The number of hydrogen-bond acceptors (Lipinski definition) is 5. The van der Waals surface area contributed by atoms with Crippen molar-refractivity contribution in [2.75, 3.05) is 6.54 Å². The molecule has 1 rings (SSSR count). The van der Waals surface area contributed by atoms with Crippen LogP contribution in [0.4, 0.5) is 4.79 Å². The van der Waals surface area contributed by atoms with Gasteiger partial charge in [0.1, 0.15) is 6.04 Å². The van der Waals surface area contributed by atoms with Crippen LogP contribution < -0.4 is 10.6 Å². The normalized spacial score (nSPS) is 11.9. The maximum absolute atomic E-state index is 11.4. The van der Waals surface area contributed by atoms with Gasteiger partial charge in [-0.05, 0) is 13.3 Å². The maximum atomic E-state index is 11.4. The molecule has 0 spiro atoms. The summed E-state index contributed by atoms with van der Waals surface area (Å²) in [6.07, 6.45) is 0.726. The van der Waals surface area contributed by atoms with Crippen LogP contribution in [-0.2, 0) is 11.2 Å². The minimum atomic E-state index is -1.06. The van der Waals surface area contributed by atoms with Gasteiger partial charge in [-0.25, -0.2) is 9.59 Å². The standard InChI is InChI=1S/C10H16N4O4/c1-3-7(9(15)16)13-10(17)11-5-4-8-12-6(2)14-18-8/h7H,3-5H2,1-2H3,(H,15,16)(H2,11,13,17)/t7-/m1/s1. The van der Waals surface area contributed by atoms with Crippen LogP contribution in [0.3, 0.4) is 0 Å². The van der Waals surface area contributed by atoms with E-state index in [9.17, 15) is 9.59 Å². The number of hydrogen-bond donors (Lipinski definition) is 3. The number of carbonyl (C=O) groups excluding carboxylic acids is 1. The lowest BCUT2D eigenvalue weighted by Gasteiger charge is -2.12. The molecular weight excluding hydrogens is 240 g/mol. The largest absolute Gasteiger partial charge is 0.480 e. The number of carboxylic acids is 1. The highest BCUT2D eigenvalue weighted by atomic mass is 16.5. The number of carbonyl (C=O) groups is 2. The van der Waals surface area contributed by atoms with Gasteiger partial charge in [0.25, 0.3) is 0 Å². The van der Waals surface area contributed by atoms with Crippen molar-refractivity contribution in [1.29, 1.82) is 0 Å². The van der Waals surface area contributed by atoms with Crippen molar-refractivity contribution in [2.24, 2.45) is 0 Å². The van der Waals surface area contributed by atoms with Gasteiger partial charge < -0.3 is 20.3 Å². The first kappa shape index (κ1) is 13.9. The Labute approximate surface area is 104 Å². The molecule has 100 valence electrons. The SMILES string of the molecule is CC[C@@H](NC(=O)NCCc1nc(C)no1)C(=O)O. The predicted octanol–water partition coefficient (Wildman–Crippen LogP) is 0.0829. The third-order valence-electron chi connectivity index (χ3n) is 2.21. The Hall–Kier alpha value is -2.12. The zero-order valence-electron chi connectivity index (χ0n) is 10.3. The quantitative estimate of drug-likeness (QED) is 0.663. The second-order valence-corrected chi connectivity index (χ2v) is 3.68.